The van der Waals surface area contributed by atoms with Crippen LogP contribution in [0.5, 0.6) is 5.75 Å². The number of nitrogens with one attached hydrogen (secondary N) is 1. The van der Waals surface area contributed by atoms with Crippen LogP contribution >= 0.6 is 23.2 Å². The zero-order chi connectivity index (χ0) is 15.1. The summed E-state index contributed by atoms with van der Waals surface area (Å²) in [5, 5.41) is 4.63. The van der Waals surface area contributed by atoms with Gasteiger partial charge in [0.2, 0.25) is 0 Å². The third-order valence-electron chi connectivity index (χ3n) is 3.77. The van der Waals surface area contributed by atoms with Gasteiger partial charge in [-0.3, -0.25) is 0 Å². The SMILES string of the molecule is Cc1cc(Cl)cc(Cl)c1OCCCCCN1CCNCC1. The summed E-state index contributed by atoms with van der Waals surface area (Å²) in [6, 6.07) is 3.61. The molecule has 1 fully saturated rings. The van der Waals surface area contributed by atoms with Gasteiger partial charge in [0, 0.05) is 31.2 Å². The highest BCUT2D eigenvalue weighted by Gasteiger charge is 2.09. The van der Waals surface area contributed by atoms with Crippen LogP contribution in [-0.4, -0.2) is 44.2 Å². The maximum Gasteiger partial charge on any atom is 0.140 e. The molecule has 0 bridgehead atoms. The molecule has 0 spiro atoms. The van der Waals surface area contributed by atoms with Gasteiger partial charge in [-0.2, -0.15) is 0 Å². The van der Waals surface area contributed by atoms with E-state index < -0.39 is 0 Å². The number of rotatable bonds is 7. The lowest BCUT2D eigenvalue weighted by molar-refractivity contribution is 0.232. The van der Waals surface area contributed by atoms with Gasteiger partial charge in [0.15, 0.2) is 0 Å². The predicted octanol–water partition coefficient (Wildman–Crippen LogP) is 3.76. The number of hydrogen-bond acceptors (Lipinski definition) is 3. The van der Waals surface area contributed by atoms with E-state index in [1.165, 1.54) is 32.5 Å². The lowest BCUT2D eigenvalue weighted by Crippen LogP contribution is -2.43. The molecule has 1 saturated heterocycles. The van der Waals surface area contributed by atoms with Gasteiger partial charge in [0.1, 0.15) is 5.75 Å². The average molecular weight is 331 g/mol. The Hall–Kier alpha value is -0.480. The molecule has 1 heterocycles. The summed E-state index contributed by atoms with van der Waals surface area (Å²) < 4.78 is 5.80. The predicted molar refractivity (Wildman–Crippen MR) is 89.9 cm³/mol. The Morgan fingerprint density at radius 2 is 1.90 bits per heavy atom. The Labute approximate surface area is 137 Å². The monoisotopic (exact) mass is 330 g/mol. The third kappa shape index (κ3) is 5.67. The van der Waals surface area contributed by atoms with Crippen molar-refractivity contribution < 1.29 is 4.74 Å². The van der Waals surface area contributed by atoms with E-state index in [0.29, 0.717) is 16.7 Å². The van der Waals surface area contributed by atoms with Crippen LogP contribution in [0, 0.1) is 6.92 Å². The fourth-order valence-corrected chi connectivity index (χ4v) is 3.24. The molecule has 1 aliphatic rings. The van der Waals surface area contributed by atoms with Crippen LogP contribution in [0.2, 0.25) is 10.0 Å². The van der Waals surface area contributed by atoms with Crippen molar-refractivity contribution in [2.45, 2.75) is 26.2 Å². The number of unbranched alkanes of at least 4 members (excludes halogenated alkanes) is 2. The molecule has 1 aromatic rings. The summed E-state index contributed by atoms with van der Waals surface area (Å²) in [7, 11) is 0. The zero-order valence-electron chi connectivity index (χ0n) is 12.6. The number of ether oxygens (including phenoxy) is 1. The number of benzene rings is 1. The molecule has 0 amide bonds. The minimum atomic E-state index is 0.598. The van der Waals surface area contributed by atoms with Crippen LogP contribution in [0.25, 0.3) is 0 Å². The molecule has 0 aromatic heterocycles. The molecular formula is C16H24Cl2N2O. The smallest absolute Gasteiger partial charge is 0.140 e. The standard InChI is InChI=1S/C16H24Cl2N2O/c1-13-11-14(17)12-15(18)16(13)21-10-4-2-3-7-20-8-5-19-6-9-20/h11-12,19H,2-10H2,1H3. The summed E-state index contributed by atoms with van der Waals surface area (Å²) in [4.78, 5) is 2.53. The van der Waals surface area contributed by atoms with Gasteiger partial charge in [-0.15, -0.1) is 0 Å². The summed E-state index contributed by atoms with van der Waals surface area (Å²) >= 11 is 12.1. The van der Waals surface area contributed by atoms with E-state index in [9.17, 15) is 0 Å². The van der Waals surface area contributed by atoms with Gasteiger partial charge in [0.25, 0.3) is 0 Å². The van der Waals surface area contributed by atoms with Crippen LogP contribution < -0.4 is 10.1 Å². The van der Waals surface area contributed by atoms with Gasteiger partial charge in [0.05, 0.1) is 11.6 Å². The largest absolute Gasteiger partial charge is 0.492 e. The molecule has 21 heavy (non-hydrogen) atoms. The van der Waals surface area contributed by atoms with Crippen LogP contribution in [-0.2, 0) is 0 Å². The lowest BCUT2D eigenvalue weighted by atomic mass is 10.2. The van der Waals surface area contributed by atoms with Crippen LogP contribution in [0.1, 0.15) is 24.8 Å². The Morgan fingerprint density at radius 3 is 2.62 bits per heavy atom. The molecule has 0 saturated carbocycles. The Kier molecular flexibility index (Phi) is 7.11. The number of piperazine rings is 1. The molecule has 0 atom stereocenters. The second-order valence-electron chi connectivity index (χ2n) is 5.53. The van der Waals surface area contributed by atoms with Crippen molar-refractivity contribution in [1.29, 1.82) is 0 Å². The summed E-state index contributed by atoms with van der Waals surface area (Å²) in [6.07, 6.45) is 3.48. The first-order valence-corrected chi connectivity index (χ1v) is 8.44. The number of nitrogens with zero attached hydrogens (tertiary/aromatic N) is 1. The number of halogens is 2. The highest BCUT2D eigenvalue weighted by atomic mass is 35.5. The Morgan fingerprint density at radius 1 is 1.14 bits per heavy atom. The molecule has 0 radical (unpaired) electrons. The first-order chi connectivity index (χ1) is 10.2. The molecular weight excluding hydrogens is 307 g/mol. The van der Waals surface area contributed by atoms with Crippen LogP contribution in [0.4, 0.5) is 0 Å². The molecule has 5 heteroatoms. The maximum absolute atomic E-state index is 6.15. The van der Waals surface area contributed by atoms with Gasteiger partial charge in [-0.05, 0) is 50.4 Å². The zero-order valence-corrected chi connectivity index (χ0v) is 14.1. The fourth-order valence-electron chi connectivity index (χ4n) is 2.60. The molecule has 2 rings (SSSR count). The van der Waals surface area contributed by atoms with Gasteiger partial charge < -0.3 is 15.0 Å². The first-order valence-electron chi connectivity index (χ1n) is 7.68. The van der Waals surface area contributed by atoms with E-state index in [1.807, 2.05) is 13.0 Å². The topological polar surface area (TPSA) is 24.5 Å². The van der Waals surface area contributed by atoms with Gasteiger partial charge in [-0.25, -0.2) is 0 Å². The summed E-state index contributed by atoms with van der Waals surface area (Å²) in [5.74, 6) is 0.767. The van der Waals surface area contributed by atoms with E-state index in [2.05, 4.69) is 10.2 Å². The second-order valence-corrected chi connectivity index (χ2v) is 6.38. The molecule has 0 aliphatic carbocycles. The summed E-state index contributed by atoms with van der Waals surface area (Å²) in [6.45, 7) is 8.48. The Bertz CT molecular complexity index is 425. The van der Waals surface area contributed by atoms with Crippen molar-refractivity contribution in [3.63, 3.8) is 0 Å². The molecule has 3 nitrogen and oxygen atoms in total. The van der Waals surface area contributed by atoms with Gasteiger partial charge >= 0.3 is 0 Å². The molecule has 1 aliphatic heterocycles. The molecule has 1 N–H and O–H groups in total. The minimum absolute atomic E-state index is 0.598. The van der Waals surface area contributed by atoms with Crippen molar-refractivity contribution in [2.24, 2.45) is 0 Å². The van der Waals surface area contributed by atoms with Crippen molar-refractivity contribution in [1.82, 2.24) is 10.2 Å². The fraction of sp³-hybridized carbons (Fsp3) is 0.625. The Balaban J connectivity index is 1.61. The van der Waals surface area contributed by atoms with E-state index in [1.54, 1.807) is 6.07 Å². The number of aryl methyl sites for hydroxylation is 1. The van der Waals surface area contributed by atoms with E-state index >= 15 is 0 Å². The van der Waals surface area contributed by atoms with Crippen molar-refractivity contribution in [3.8, 4) is 5.75 Å². The highest BCUT2D eigenvalue weighted by Crippen LogP contribution is 2.31. The summed E-state index contributed by atoms with van der Waals surface area (Å²) in [5.41, 5.74) is 0.994. The third-order valence-corrected chi connectivity index (χ3v) is 4.27. The average Bonchev–Trinajstić information content (AvgIpc) is 2.45. The molecule has 0 unspecified atom stereocenters. The van der Waals surface area contributed by atoms with Crippen molar-refractivity contribution >= 4 is 23.2 Å². The van der Waals surface area contributed by atoms with Crippen LogP contribution in [0.15, 0.2) is 12.1 Å². The van der Waals surface area contributed by atoms with E-state index in [4.69, 9.17) is 27.9 Å². The van der Waals surface area contributed by atoms with E-state index in [-0.39, 0.29) is 0 Å². The second kappa shape index (κ2) is 8.84. The quantitative estimate of drug-likeness (QED) is 0.770. The minimum Gasteiger partial charge on any atom is -0.492 e. The maximum atomic E-state index is 6.15. The normalized spacial score (nSPS) is 16.1. The molecule has 118 valence electrons. The van der Waals surface area contributed by atoms with Crippen molar-refractivity contribution in [2.75, 3.05) is 39.3 Å². The van der Waals surface area contributed by atoms with Crippen molar-refractivity contribution in [3.05, 3.63) is 27.7 Å². The van der Waals surface area contributed by atoms with Crippen LogP contribution in [0.3, 0.4) is 0 Å². The van der Waals surface area contributed by atoms with E-state index in [0.717, 1.165) is 30.8 Å². The van der Waals surface area contributed by atoms with Gasteiger partial charge in [-0.1, -0.05) is 23.2 Å². The first kappa shape index (κ1) is 16.9. The lowest BCUT2D eigenvalue weighted by Gasteiger charge is -2.27. The number of hydrogen-bond donors (Lipinski definition) is 1. The highest BCUT2D eigenvalue weighted by molar-refractivity contribution is 6.35. The molecule has 1 aromatic carbocycles.